The van der Waals surface area contributed by atoms with Crippen molar-refractivity contribution >= 4 is 26.3 Å². The molecule has 0 spiro atoms. The second-order valence-electron chi connectivity index (χ2n) is 1.26. The Balaban J connectivity index is -0.0000000288. The topological polar surface area (TPSA) is 267 Å². The minimum absolute atomic E-state index is 0. The van der Waals surface area contributed by atoms with Crippen molar-refractivity contribution in [3.05, 3.63) is 0 Å². The molecule has 0 heterocycles. The Morgan fingerprint density at radius 3 is 0.632 bits per heavy atom. The molecular formula is C3H3La2O13P. The van der Waals surface area contributed by atoms with E-state index in [2.05, 4.69) is 0 Å². The van der Waals surface area contributed by atoms with Crippen molar-refractivity contribution in [1.29, 1.82) is 0 Å². The molecule has 0 saturated carbocycles. The normalized spacial score (nSPS) is 6.89. The van der Waals surface area contributed by atoms with Crippen LogP contribution in [0.25, 0.3) is 0 Å². The van der Waals surface area contributed by atoms with E-state index in [1.54, 1.807) is 0 Å². The maximum Gasteiger partial charge on any atom is 3.00 e. The van der Waals surface area contributed by atoms with Gasteiger partial charge in [0.1, 0.15) is 0 Å². The van der Waals surface area contributed by atoms with Gasteiger partial charge in [-0.05, 0) is 18.5 Å². The number of hydrogen-bond donors (Lipinski definition) is 3. The number of rotatable bonds is 0. The summed E-state index contributed by atoms with van der Waals surface area (Å²) in [6.07, 6.45) is -7.00. The first kappa shape index (κ1) is 36.5. The van der Waals surface area contributed by atoms with Gasteiger partial charge in [0.05, 0.1) is 0 Å². The predicted octanol–water partition coefficient (Wildman–Crippen LogP) is -8.27. The molecule has 3 N–H and O–H groups in total. The minimum atomic E-state index is -4.64. The summed E-state index contributed by atoms with van der Waals surface area (Å²) < 4.78 is 8.88. The maximum atomic E-state index is 8.88. The van der Waals surface area contributed by atoms with Crippen molar-refractivity contribution in [3.8, 4) is 0 Å². The van der Waals surface area contributed by atoms with E-state index in [-0.39, 0.29) is 71.2 Å². The first-order valence-corrected chi connectivity index (χ1v) is 4.18. The van der Waals surface area contributed by atoms with E-state index in [0.717, 1.165) is 0 Å². The third kappa shape index (κ3) is 50800. The molecule has 0 aromatic heterocycles. The summed E-state index contributed by atoms with van der Waals surface area (Å²) in [5.41, 5.74) is 0. The number of carbonyl (C=O) groups is 3. The molecule has 19 heavy (non-hydrogen) atoms. The van der Waals surface area contributed by atoms with Gasteiger partial charge in [-0.1, -0.05) is 0 Å². The number of phosphoric acid groups is 1. The first-order valence-electron chi connectivity index (χ1n) is 2.62. The van der Waals surface area contributed by atoms with Crippen molar-refractivity contribution < 1.29 is 135 Å². The summed E-state index contributed by atoms with van der Waals surface area (Å²) in [6, 6.07) is 0. The van der Waals surface area contributed by atoms with Crippen molar-refractivity contribution in [1.82, 2.24) is 0 Å². The molecule has 0 aliphatic heterocycles. The van der Waals surface area contributed by atoms with E-state index in [9.17, 15) is 0 Å². The zero-order chi connectivity index (χ0) is 15.2. The van der Waals surface area contributed by atoms with Gasteiger partial charge in [0.2, 0.25) is 0 Å². The third-order valence-electron chi connectivity index (χ3n) is 0. The largest absolute Gasteiger partial charge is 3.00 e. The second-order valence-corrected chi connectivity index (χ2v) is 2.29. The summed E-state index contributed by atoms with van der Waals surface area (Å²) in [5, 5.41) is 50.0. The van der Waals surface area contributed by atoms with Gasteiger partial charge in [-0.25, -0.2) is 4.57 Å². The minimum Gasteiger partial charge on any atom is -0.652 e. The van der Waals surface area contributed by atoms with E-state index >= 15 is 0 Å². The molecule has 0 amide bonds. The Morgan fingerprint density at radius 2 is 0.632 bits per heavy atom. The van der Waals surface area contributed by atoms with Gasteiger partial charge >= 0.3 is 79.0 Å². The fourth-order valence-electron chi connectivity index (χ4n) is 0. The van der Waals surface area contributed by atoms with Crippen LogP contribution in [0.2, 0.25) is 0 Å². The summed E-state index contributed by atoms with van der Waals surface area (Å²) in [5.74, 6) is 0. The van der Waals surface area contributed by atoms with Gasteiger partial charge in [-0.2, -0.15) is 0 Å². The molecule has 104 valence electrons. The molecule has 0 atom stereocenters. The number of carbonyl (C=O) groups excluding carboxylic acids is 3. The molecule has 0 saturated heterocycles. The van der Waals surface area contributed by atoms with Crippen LogP contribution in [0.3, 0.4) is 0 Å². The Labute approximate surface area is 160 Å². The zero-order valence-electron chi connectivity index (χ0n) is 8.53. The van der Waals surface area contributed by atoms with Gasteiger partial charge in [0.15, 0.2) is 0 Å². The van der Waals surface area contributed by atoms with Gasteiger partial charge in [0.25, 0.3) is 0 Å². The Kier molecular flexibility index (Phi) is 45.0. The molecule has 13 nitrogen and oxygen atoms in total. The fourth-order valence-corrected chi connectivity index (χ4v) is 0. The summed E-state index contributed by atoms with van der Waals surface area (Å²) >= 11 is 0. The summed E-state index contributed by atoms with van der Waals surface area (Å²) in [6.45, 7) is 0. The van der Waals surface area contributed by atoms with Crippen LogP contribution < -0.4 is 30.6 Å². The van der Waals surface area contributed by atoms with E-state index < -0.39 is 26.3 Å². The Hall–Kier alpha value is 0.310. The van der Waals surface area contributed by atoms with E-state index in [1.165, 1.54) is 0 Å². The summed E-state index contributed by atoms with van der Waals surface area (Å²) in [7, 11) is -4.64. The molecule has 0 aliphatic rings. The van der Waals surface area contributed by atoms with Crippen LogP contribution in [0.4, 0.5) is 14.4 Å². The van der Waals surface area contributed by atoms with Crippen LogP contribution in [-0.2, 0) is 4.57 Å². The standard InChI is InChI=1S/3CH2O3.2La.H3O4P/c3*2-1(3)4;;;1-5(2,3)4/h3*(H2,2,3,4);;;(H3,1,2,3,4)/q;;;2*+3;/p-6. The van der Waals surface area contributed by atoms with Crippen molar-refractivity contribution in [2.75, 3.05) is 0 Å². The van der Waals surface area contributed by atoms with E-state index in [0.29, 0.717) is 0 Å². The predicted molar refractivity (Wildman–Crippen MR) is 30.5 cm³/mol. The molecule has 0 unspecified atom stereocenters. The Morgan fingerprint density at radius 1 is 0.632 bits per heavy atom. The van der Waals surface area contributed by atoms with Gasteiger partial charge in [-0.15, -0.1) is 0 Å². The summed E-state index contributed by atoms with van der Waals surface area (Å²) in [4.78, 5) is 46.6. The van der Waals surface area contributed by atoms with E-state index in [4.69, 9.17) is 64.3 Å². The van der Waals surface area contributed by atoms with Gasteiger partial charge in [-0.3, -0.25) is 0 Å². The third-order valence-corrected chi connectivity index (χ3v) is 0. The molecular weight excluding hydrogens is 553 g/mol. The average molecular weight is 556 g/mol. The SMILES string of the molecule is O=C([O-])[O-].O=C([O-])[O-].O=C([O-])[O-].O=P(O)(O)O.[La+3].[La+3]. The fraction of sp³-hybridized carbons (Fsp3) is 0. The van der Waals surface area contributed by atoms with Gasteiger partial charge < -0.3 is 59.7 Å². The molecule has 0 radical (unpaired) electrons. The molecule has 0 aliphatic carbocycles. The number of carboxylic acid groups (broad SMARTS) is 6. The van der Waals surface area contributed by atoms with Crippen molar-refractivity contribution in [3.63, 3.8) is 0 Å². The van der Waals surface area contributed by atoms with Crippen LogP contribution >= 0.6 is 7.82 Å². The second kappa shape index (κ2) is 23.4. The van der Waals surface area contributed by atoms with Crippen LogP contribution in [-0.4, -0.2) is 33.1 Å². The molecule has 0 aromatic carbocycles. The first-order chi connectivity index (χ1) is 7.20. The maximum absolute atomic E-state index is 8.88. The van der Waals surface area contributed by atoms with Crippen LogP contribution in [0.15, 0.2) is 0 Å². The van der Waals surface area contributed by atoms with Gasteiger partial charge in [0, 0.05) is 0 Å². The van der Waals surface area contributed by atoms with Crippen LogP contribution in [0.5, 0.6) is 0 Å². The molecule has 16 heteroatoms. The molecule has 0 fully saturated rings. The van der Waals surface area contributed by atoms with Crippen LogP contribution in [0.1, 0.15) is 0 Å². The van der Waals surface area contributed by atoms with Crippen molar-refractivity contribution in [2.24, 2.45) is 0 Å². The monoisotopic (exact) mass is 556 g/mol. The molecule has 0 aromatic rings. The molecule has 0 bridgehead atoms. The molecule has 0 rings (SSSR count). The quantitative estimate of drug-likeness (QED) is 0.234. The smallest absolute Gasteiger partial charge is 0.652 e. The number of hydrogen-bond acceptors (Lipinski definition) is 10. The van der Waals surface area contributed by atoms with Crippen molar-refractivity contribution in [2.45, 2.75) is 0 Å². The average Bonchev–Trinajstić information content (AvgIpc) is 1.73. The Bertz CT molecular complexity index is 222. The zero-order valence-corrected chi connectivity index (χ0v) is 16.7. The van der Waals surface area contributed by atoms with E-state index in [1.807, 2.05) is 0 Å². The van der Waals surface area contributed by atoms with Crippen LogP contribution in [0, 0.1) is 71.2 Å².